The largest absolute Gasteiger partial charge is 0.338 e. The first-order chi connectivity index (χ1) is 9.55. The third kappa shape index (κ3) is 3.42. The fourth-order valence-corrected chi connectivity index (χ4v) is 4.31. The van der Waals surface area contributed by atoms with Crippen LogP contribution in [0, 0.1) is 0 Å². The Bertz CT molecular complexity index is 426. The van der Waals surface area contributed by atoms with Gasteiger partial charge in [-0.3, -0.25) is 0 Å². The summed E-state index contributed by atoms with van der Waals surface area (Å²) in [5.41, 5.74) is 0. The van der Waals surface area contributed by atoms with E-state index in [9.17, 15) is 13.2 Å². The number of amides is 2. The Morgan fingerprint density at radius 1 is 0.950 bits per heavy atom. The van der Waals surface area contributed by atoms with E-state index in [1.807, 2.05) is 6.92 Å². The van der Waals surface area contributed by atoms with E-state index in [0.717, 1.165) is 19.3 Å². The highest BCUT2D eigenvalue weighted by molar-refractivity contribution is 7.86. The van der Waals surface area contributed by atoms with Crippen LogP contribution in [0.2, 0.25) is 0 Å². The van der Waals surface area contributed by atoms with Crippen LogP contribution in [0.3, 0.4) is 0 Å². The Labute approximate surface area is 121 Å². The maximum atomic E-state index is 12.5. The van der Waals surface area contributed by atoms with Gasteiger partial charge in [-0.15, -0.1) is 0 Å². The number of carbonyl (C=O) groups excluding carboxylic acids is 1. The normalized spacial score (nSPS) is 22.8. The third-order valence-corrected chi connectivity index (χ3v) is 5.86. The van der Waals surface area contributed by atoms with Crippen molar-refractivity contribution < 1.29 is 13.2 Å². The van der Waals surface area contributed by atoms with Gasteiger partial charge in [0.05, 0.1) is 0 Å². The van der Waals surface area contributed by atoms with Gasteiger partial charge >= 0.3 is 6.03 Å². The summed E-state index contributed by atoms with van der Waals surface area (Å²) >= 11 is 0. The van der Waals surface area contributed by atoms with Crippen molar-refractivity contribution in [1.82, 2.24) is 18.8 Å². The van der Waals surface area contributed by atoms with Gasteiger partial charge in [-0.05, 0) is 19.8 Å². The smallest absolute Gasteiger partial charge is 0.317 e. The summed E-state index contributed by atoms with van der Waals surface area (Å²) in [6.45, 7) is 5.39. The Morgan fingerprint density at radius 3 is 2.05 bits per heavy atom. The Balaban J connectivity index is 1.90. The molecule has 0 spiro atoms. The highest BCUT2D eigenvalue weighted by atomic mass is 32.2. The average molecular weight is 304 g/mol. The summed E-state index contributed by atoms with van der Waals surface area (Å²) in [6, 6.07) is -0.109. The summed E-state index contributed by atoms with van der Waals surface area (Å²) in [6.07, 6.45) is 2.99. The van der Waals surface area contributed by atoms with Gasteiger partial charge < -0.3 is 10.2 Å². The second-order valence-electron chi connectivity index (χ2n) is 5.19. The molecule has 0 unspecified atom stereocenters. The molecule has 0 radical (unpaired) electrons. The number of nitrogens with one attached hydrogen (secondary N) is 1. The summed E-state index contributed by atoms with van der Waals surface area (Å²) in [5.74, 6) is 0. The Kier molecular flexibility index (Phi) is 5.22. The first-order valence-electron chi connectivity index (χ1n) is 7.33. The number of hydrogen-bond donors (Lipinski definition) is 1. The summed E-state index contributed by atoms with van der Waals surface area (Å²) < 4.78 is 28.0. The monoisotopic (exact) mass is 304 g/mol. The number of piperazine rings is 1. The molecule has 0 aromatic heterocycles. The van der Waals surface area contributed by atoms with Crippen LogP contribution in [0.1, 0.15) is 26.2 Å². The predicted octanol–water partition coefficient (Wildman–Crippen LogP) is 0.0642. The average Bonchev–Trinajstić information content (AvgIpc) is 2.48. The molecule has 2 amide bonds. The van der Waals surface area contributed by atoms with Crippen LogP contribution in [-0.2, 0) is 10.2 Å². The van der Waals surface area contributed by atoms with Crippen LogP contribution < -0.4 is 5.32 Å². The van der Waals surface area contributed by atoms with Gasteiger partial charge in [0.25, 0.3) is 10.2 Å². The van der Waals surface area contributed by atoms with Crippen LogP contribution in [0.5, 0.6) is 0 Å². The molecular formula is C12H24N4O3S. The number of hydrogen-bond acceptors (Lipinski definition) is 3. The number of urea groups is 1. The second-order valence-corrected chi connectivity index (χ2v) is 7.12. The van der Waals surface area contributed by atoms with Crippen LogP contribution >= 0.6 is 0 Å². The van der Waals surface area contributed by atoms with Gasteiger partial charge in [0.1, 0.15) is 0 Å². The van der Waals surface area contributed by atoms with Gasteiger partial charge in [0.2, 0.25) is 0 Å². The van der Waals surface area contributed by atoms with Gasteiger partial charge in [-0.1, -0.05) is 6.42 Å². The number of nitrogens with zero attached hydrogens (tertiary/aromatic N) is 3. The lowest BCUT2D eigenvalue weighted by atomic mass is 10.2. The highest BCUT2D eigenvalue weighted by Crippen LogP contribution is 2.17. The molecule has 2 fully saturated rings. The SMILES string of the molecule is CCNC(=O)N1CCN(S(=O)(=O)N2CCCCC2)CC1. The quantitative estimate of drug-likeness (QED) is 0.801. The molecule has 2 saturated heterocycles. The number of piperidine rings is 1. The summed E-state index contributed by atoms with van der Waals surface area (Å²) in [7, 11) is -3.34. The van der Waals surface area contributed by atoms with Crippen molar-refractivity contribution in [3.63, 3.8) is 0 Å². The van der Waals surface area contributed by atoms with Crippen molar-refractivity contribution in [2.24, 2.45) is 0 Å². The molecule has 2 aliphatic heterocycles. The van der Waals surface area contributed by atoms with Gasteiger partial charge in [-0.2, -0.15) is 17.0 Å². The minimum Gasteiger partial charge on any atom is -0.338 e. The molecule has 0 aliphatic carbocycles. The zero-order valence-corrected chi connectivity index (χ0v) is 12.9. The molecule has 0 bridgehead atoms. The van der Waals surface area contributed by atoms with E-state index in [1.54, 1.807) is 9.21 Å². The maximum Gasteiger partial charge on any atom is 0.317 e. The van der Waals surface area contributed by atoms with Crippen LogP contribution in [0.4, 0.5) is 4.79 Å². The van der Waals surface area contributed by atoms with E-state index in [2.05, 4.69) is 5.32 Å². The molecule has 7 nitrogen and oxygen atoms in total. The molecule has 0 aromatic carbocycles. The van der Waals surface area contributed by atoms with E-state index in [-0.39, 0.29) is 6.03 Å². The lowest BCUT2D eigenvalue weighted by Crippen LogP contribution is -2.56. The van der Waals surface area contributed by atoms with E-state index in [1.165, 1.54) is 4.31 Å². The van der Waals surface area contributed by atoms with Gasteiger partial charge in [-0.25, -0.2) is 4.79 Å². The molecule has 2 aliphatic rings. The summed E-state index contributed by atoms with van der Waals surface area (Å²) in [5, 5.41) is 2.74. The first kappa shape index (κ1) is 15.5. The third-order valence-electron chi connectivity index (χ3n) is 3.82. The number of carbonyl (C=O) groups is 1. The fraction of sp³-hybridized carbons (Fsp3) is 0.917. The molecule has 0 saturated carbocycles. The minimum atomic E-state index is -3.34. The molecule has 20 heavy (non-hydrogen) atoms. The molecule has 1 N–H and O–H groups in total. The van der Waals surface area contributed by atoms with Crippen LogP contribution in [0.15, 0.2) is 0 Å². The predicted molar refractivity (Wildman–Crippen MR) is 76.6 cm³/mol. The molecule has 2 heterocycles. The van der Waals surface area contributed by atoms with Crippen molar-refractivity contribution >= 4 is 16.2 Å². The molecular weight excluding hydrogens is 280 g/mol. The lowest BCUT2D eigenvalue weighted by Gasteiger charge is -2.37. The van der Waals surface area contributed by atoms with E-state index < -0.39 is 10.2 Å². The van der Waals surface area contributed by atoms with E-state index in [4.69, 9.17) is 0 Å². The van der Waals surface area contributed by atoms with E-state index in [0.29, 0.717) is 45.8 Å². The second kappa shape index (κ2) is 6.73. The summed E-state index contributed by atoms with van der Waals surface area (Å²) in [4.78, 5) is 13.4. The Morgan fingerprint density at radius 2 is 1.50 bits per heavy atom. The number of rotatable bonds is 3. The molecule has 0 aromatic rings. The van der Waals surface area contributed by atoms with Gasteiger partial charge in [0.15, 0.2) is 0 Å². The van der Waals surface area contributed by atoms with Crippen LogP contribution in [-0.4, -0.2) is 73.8 Å². The zero-order valence-electron chi connectivity index (χ0n) is 12.0. The maximum absolute atomic E-state index is 12.5. The molecule has 8 heteroatoms. The topological polar surface area (TPSA) is 73.0 Å². The van der Waals surface area contributed by atoms with Crippen molar-refractivity contribution in [3.05, 3.63) is 0 Å². The standard InChI is InChI=1S/C12H24N4O3S/c1-2-13-12(17)14-8-10-16(11-9-14)20(18,19)15-6-4-3-5-7-15/h2-11H2,1H3,(H,13,17). The zero-order chi connectivity index (χ0) is 14.6. The minimum absolute atomic E-state index is 0.109. The molecule has 0 atom stereocenters. The van der Waals surface area contributed by atoms with Crippen LogP contribution in [0.25, 0.3) is 0 Å². The first-order valence-corrected chi connectivity index (χ1v) is 8.73. The highest BCUT2D eigenvalue weighted by Gasteiger charge is 2.33. The van der Waals surface area contributed by atoms with Gasteiger partial charge in [0, 0.05) is 45.8 Å². The van der Waals surface area contributed by atoms with Crippen molar-refractivity contribution in [1.29, 1.82) is 0 Å². The Hall–Kier alpha value is -0.860. The molecule has 2 rings (SSSR count). The fourth-order valence-electron chi connectivity index (χ4n) is 2.64. The van der Waals surface area contributed by atoms with Crippen molar-refractivity contribution in [2.75, 3.05) is 45.8 Å². The van der Waals surface area contributed by atoms with E-state index >= 15 is 0 Å². The van der Waals surface area contributed by atoms with Crippen molar-refractivity contribution in [2.45, 2.75) is 26.2 Å². The molecule has 116 valence electrons. The lowest BCUT2D eigenvalue weighted by molar-refractivity contribution is 0.168. The van der Waals surface area contributed by atoms with Crippen molar-refractivity contribution in [3.8, 4) is 0 Å².